The molecule has 1 unspecified atom stereocenters. The Labute approximate surface area is 98.7 Å². The molecule has 0 spiro atoms. The zero-order chi connectivity index (χ0) is 11.4. The minimum Gasteiger partial charge on any atom is -0.374 e. The summed E-state index contributed by atoms with van der Waals surface area (Å²) in [5.41, 5.74) is 5.68. The largest absolute Gasteiger partial charge is 0.374 e. The van der Waals surface area contributed by atoms with Crippen LogP contribution in [0.5, 0.6) is 0 Å². The Kier molecular flexibility index (Phi) is 4.58. The lowest BCUT2D eigenvalue weighted by Crippen LogP contribution is -2.52. The fraction of sp³-hybridized carbons (Fsp3) is 1.00. The summed E-state index contributed by atoms with van der Waals surface area (Å²) in [7, 11) is 0. The highest BCUT2D eigenvalue weighted by Gasteiger charge is 2.28. The van der Waals surface area contributed by atoms with Gasteiger partial charge >= 0.3 is 0 Å². The molecule has 2 saturated heterocycles. The molecule has 2 aliphatic rings. The second-order valence-electron chi connectivity index (χ2n) is 4.89. The summed E-state index contributed by atoms with van der Waals surface area (Å²) in [5, 5.41) is 0. The molecule has 4 nitrogen and oxygen atoms in total. The van der Waals surface area contributed by atoms with Gasteiger partial charge in [0.2, 0.25) is 0 Å². The van der Waals surface area contributed by atoms with Gasteiger partial charge in [0.1, 0.15) is 0 Å². The summed E-state index contributed by atoms with van der Waals surface area (Å²) in [6, 6.07) is 0.765. The molecule has 2 rings (SSSR count). The molecule has 2 fully saturated rings. The number of piperidine rings is 1. The molecule has 2 aliphatic heterocycles. The Morgan fingerprint density at radius 2 is 2.00 bits per heavy atom. The highest BCUT2D eigenvalue weighted by atomic mass is 16.5. The van der Waals surface area contributed by atoms with Crippen molar-refractivity contribution in [2.45, 2.75) is 31.9 Å². The van der Waals surface area contributed by atoms with Crippen LogP contribution in [-0.2, 0) is 4.74 Å². The monoisotopic (exact) mass is 227 g/mol. The molecule has 0 aromatic rings. The van der Waals surface area contributed by atoms with Gasteiger partial charge in [0.05, 0.1) is 12.7 Å². The number of hydrogen-bond acceptors (Lipinski definition) is 4. The van der Waals surface area contributed by atoms with Crippen molar-refractivity contribution in [2.75, 3.05) is 45.9 Å². The molecule has 0 bridgehead atoms. The zero-order valence-corrected chi connectivity index (χ0v) is 10.4. The molecule has 2 N–H and O–H groups in total. The van der Waals surface area contributed by atoms with E-state index in [0.29, 0.717) is 6.54 Å². The molecule has 0 aliphatic carbocycles. The molecule has 4 heteroatoms. The number of morpholine rings is 1. The molecule has 0 amide bonds. The third-order valence-corrected chi connectivity index (χ3v) is 3.95. The summed E-state index contributed by atoms with van der Waals surface area (Å²) in [4.78, 5) is 5.13. The third-order valence-electron chi connectivity index (χ3n) is 3.95. The Morgan fingerprint density at radius 1 is 1.25 bits per heavy atom. The van der Waals surface area contributed by atoms with Gasteiger partial charge in [0.25, 0.3) is 0 Å². The van der Waals surface area contributed by atoms with Gasteiger partial charge < -0.3 is 15.4 Å². The van der Waals surface area contributed by atoms with Crippen LogP contribution in [0.2, 0.25) is 0 Å². The molecule has 1 atom stereocenters. The summed E-state index contributed by atoms with van der Waals surface area (Å²) in [6.07, 6.45) is 2.88. The van der Waals surface area contributed by atoms with E-state index in [0.717, 1.165) is 25.7 Å². The molecule has 16 heavy (non-hydrogen) atoms. The van der Waals surface area contributed by atoms with Gasteiger partial charge in [-0.1, -0.05) is 6.92 Å². The van der Waals surface area contributed by atoms with Crippen molar-refractivity contribution in [2.24, 2.45) is 5.73 Å². The van der Waals surface area contributed by atoms with E-state index in [4.69, 9.17) is 10.5 Å². The van der Waals surface area contributed by atoms with Crippen molar-refractivity contribution in [1.82, 2.24) is 9.80 Å². The minimum atomic E-state index is 0.262. The number of rotatable bonds is 3. The van der Waals surface area contributed by atoms with E-state index in [1.165, 1.54) is 32.5 Å². The Hall–Kier alpha value is -0.160. The van der Waals surface area contributed by atoms with E-state index in [-0.39, 0.29) is 6.10 Å². The lowest BCUT2D eigenvalue weighted by Gasteiger charge is -2.41. The standard InChI is InChI=1S/C12H25N3O/c1-2-14-5-3-11(4-6-14)15-7-8-16-12(9-13)10-15/h11-12H,2-10,13H2,1H3. The van der Waals surface area contributed by atoms with Crippen molar-refractivity contribution in [1.29, 1.82) is 0 Å². The van der Waals surface area contributed by atoms with Gasteiger partial charge in [-0.15, -0.1) is 0 Å². The first kappa shape index (κ1) is 12.3. The van der Waals surface area contributed by atoms with Gasteiger partial charge in [-0.3, -0.25) is 4.90 Å². The van der Waals surface area contributed by atoms with Crippen LogP contribution in [0.1, 0.15) is 19.8 Å². The van der Waals surface area contributed by atoms with Crippen molar-refractivity contribution >= 4 is 0 Å². The van der Waals surface area contributed by atoms with Gasteiger partial charge in [0.15, 0.2) is 0 Å². The molecular weight excluding hydrogens is 202 g/mol. The predicted octanol–water partition coefficient (Wildman–Crippen LogP) is 0.130. The lowest BCUT2D eigenvalue weighted by molar-refractivity contribution is -0.0471. The smallest absolute Gasteiger partial charge is 0.0824 e. The normalized spacial score (nSPS) is 30.8. The Balaban J connectivity index is 1.79. The van der Waals surface area contributed by atoms with Gasteiger partial charge in [-0.25, -0.2) is 0 Å². The summed E-state index contributed by atoms with van der Waals surface area (Å²) >= 11 is 0. The maximum Gasteiger partial charge on any atom is 0.0824 e. The third kappa shape index (κ3) is 2.94. The number of likely N-dealkylation sites (tertiary alicyclic amines) is 1. The van der Waals surface area contributed by atoms with Crippen LogP contribution in [0.4, 0.5) is 0 Å². The van der Waals surface area contributed by atoms with Gasteiger partial charge in [-0.05, 0) is 32.5 Å². The first-order valence-electron chi connectivity index (χ1n) is 6.61. The molecule has 0 aromatic heterocycles. The van der Waals surface area contributed by atoms with E-state index in [1.807, 2.05) is 0 Å². The summed E-state index contributed by atoms with van der Waals surface area (Å²) in [5.74, 6) is 0. The molecule has 0 saturated carbocycles. The topological polar surface area (TPSA) is 41.7 Å². The van der Waals surface area contributed by atoms with Crippen molar-refractivity contribution in [3.63, 3.8) is 0 Å². The first-order valence-corrected chi connectivity index (χ1v) is 6.61. The van der Waals surface area contributed by atoms with Crippen LogP contribution in [0.25, 0.3) is 0 Å². The van der Waals surface area contributed by atoms with E-state index in [2.05, 4.69) is 16.7 Å². The molecule has 94 valence electrons. The molecular formula is C12H25N3O. The van der Waals surface area contributed by atoms with E-state index in [9.17, 15) is 0 Å². The number of hydrogen-bond donors (Lipinski definition) is 1. The van der Waals surface area contributed by atoms with Crippen LogP contribution in [0, 0.1) is 0 Å². The molecule has 0 aromatic carbocycles. The average molecular weight is 227 g/mol. The maximum absolute atomic E-state index is 5.68. The summed E-state index contributed by atoms with van der Waals surface area (Å²) < 4.78 is 5.61. The minimum absolute atomic E-state index is 0.262. The highest BCUT2D eigenvalue weighted by molar-refractivity contribution is 4.83. The predicted molar refractivity (Wildman–Crippen MR) is 65.5 cm³/mol. The van der Waals surface area contributed by atoms with Crippen molar-refractivity contribution in [3.05, 3.63) is 0 Å². The van der Waals surface area contributed by atoms with Gasteiger partial charge in [0, 0.05) is 25.7 Å². The second kappa shape index (κ2) is 5.96. The Bertz CT molecular complexity index is 204. The van der Waals surface area contributed by atoms with Crippen LogP contribution < -0.4 is 5.73 Å². The number of nitrogens with zero attached hydrogens (tertiary/aromatic N) is 2. The van der Waals surface area contributed by atoms with Gasteiger partial charge in [-0.2, -0.15) is 0 Å². The van der Waals surface area contributed by atoms with E-state index < -0.39 is 0 Å². The SMILES string of the molecule is CCN1CCC(N2CCOC(CN)C2)CC1. The van der Waals surface area contributed by atoms with E-state index >= 15 is 0 Å². The van der Waals surface area contributed by atoms with Crippen molar-refractivity contribution in [3.8, 4) is 0 Å². The van der Waals surface area contributed by atoms with Crippen LogP contribution in [0.3, 0.4) is 0 Å². The van der Waals surface area contributed by atoms with E-state index in [1.54, 1.807) is 0 Å². The maximum atomic E-state index is 5.68. The highest BCUT2D eigenvalue weighted by Crippen LogP contribution is 2.18. The fourth-order valence-corrected chi connectivity index (χ4v) is 2.82. The lowest BCUT2D eigenvalue weighted by atomic mass is 10.0. The second-order valence-corrected chi connectivity index (χ2v) is 4.89. The number of nitrogens with two attached hydrogens (primary N) is 1. The Morgan fingerprint density at radius 3 is 2.62 bits per heavy atom. The van der Waals surface area contributed by atoms with Crippen molar-refractivity contribution < 1.29 is 4.74 Å². The van der Waals surface area contributed by atoms with Crippen LogP contribution in [0.15, 0.2) is 0 Å². The quantitative estimate of drug-likeness (QED) is 0.744. The molecule has 0 radical (unpaired) electrons. The average Bonchev–Trinajstić information content (AvgIpc) is 2.39. The summed E-state index contributed by atoms with van der Waals surface area (Å²) in [6.45, 7) is 9.60. The zero-order valence-electron chi connectivity index (χ0n) is 10.4. The van der Waals surface area contributed by atoms with Crippen LogP contribution >= 0.6 is 0 Å². The first-order chi connectivity index (χ1) is 7.83. The fourth-order valence-electron chi connectivity index (χ4n) is 2.82. The van der Waals surface area contributed by atoms with Crippen LogP contribution in [-0.4, -0.2) is 67.8 Å². The number of ether oxygens (including phenoxy) is 1. The molecule has 2 heterocycles.